The fourth-order valence-corrected chi connectivity index (χ4v) is 0.730. The quantitative estimate of drug-likeness (QED) is 0.507. The molecule has 1 N–H and O–H groups in total. The maximum absolute atomic E-state index is 11.2. The first-order valence-corrected chi connectivity index (χ1v) is 4.18. The van der Waals surface area contributed by atoms with Crippen LogP contribution in [0.2, 0.25) is 0 Å². The maximum atomic E-state index is 11.2. The Balaban J connectivity index is 4.26. The third kappa shape index (κ3) is 4.86. The average Bonchev–Trinajstić information content (AvgIpc) is 2.09. The summed E-state index contributed by atoms with van der Waals surface area (Å²) >= 11 is 0. The van der Waals surface area contributed by atoms with E-state index in [0.29, 0.717) is 6.54 Å². The van der Waals surface area contributed by atoms with Crippen LogP contribution in [0.1, 0.15) is 13.3 Å². The summed E-state index contributed by atoms with van der Waals surface area (Å²) in [6.45, 7) is 2.56. The number of nitrogens with one attached hydrogen (secondary N) is 1. The first kappa shape index (κ1) is 11.5. The topological polar surface area (TPSA) is 56.1 Å². The number of rotatable bonds is 4. The van der Waals surface area contributed by atoms with Crippen molar-refractivity contribution in [2.45, 2.75) is 13.3 Å². The summed E-state index contributed by atoms with van der Waals surface area (Å²) in [7, 11) is 3.54. The zero-order valence-corrected chi connectivity index (χ0v) is 8.29. The summed E-state index contributed by atoms with van der Waals surface area (Å²) in [5.41, 5.74) is 0.137. The highest BCUT2D eigenvalue weighted by Crippen LogP contribution is 1.93. The highest BCUT2D eigenvalue weighted by atomic mass is 16.1. The minimum atomic E-state index is -0.307. The fraction of sp³-hybridized carbons (Fsp3) is 0.556. The van der Waals surface area contributed by atoms with Gasteiger partial charge in [-0.05, 0) is 6.42 Å². The van der Waals surface area contributed by atoms with Crippen LogP contribution in [-0.4, -0.2) is 31.4 Å². The van der Waals surface area contributed by atoms with Gasteiger partial charge in [0, 0.05) is 26.8 Å². The van der Waals surface area contributed by atoms with Gasteiger partial charge in [0.2, 0.25) is 0 Å². The van der Waals surface area contributed by atoms with Crippen LogP contribution in [0.15, 0.2) is 11.8 Å². The van der Waals surface area contributed by atoms with Gasteiger partial charge in [-0.1, -0.05) is 6.92 Å². The molecule has 0 atom stereocenters. The van der Waals surface area contributed by atoms with Crippen molar-refractivity contribution in [3.63, 3.8) is 0 Å². The summed E-state index contributed by atoms with van der Waals surface area (Å²) in [6, 6.07) is 1.85. The van der Waals surface area contributed by atoms with Gasteiger partial charge in [-0.15, -0.1) is 0 Å². The molecule has 0 aromatic heterocycles. The summed E-state index contributed by atoms with van der Waals surface area (Å²) in [5, 5.41) is 11.3. The Labute approximate surface area is 78.8 Å². The van der Waals surface area contributed by atoms with E-state index in [2.05, 4.69) is 5.32 Å². The van der Waals surface area contributed by atoms with E-state index >= 15 is 0 Å². The Morgan fingerprint density at radius 1 is 1.62 bits per heavy atom. The van der Waals surface area contributed by atoms with E-state index in [0.717, 1.165) is 6.42 Å². The van der Waals surface area contributed by atoms with Crippen LogP contribution in [0.4, 0.5) is 0 Å². The summed E-state index contributed by atoms with van der Waals surface area (Å²) in [4.78, 5) is 12.9. The molecule has 4 nitrogen and oxygen atoms in total. The van der Waals surface area contributed by atoms with Crippen molar-refractivity contribution in [3.8, 4) is 6.07 Å². The van der Waals surface area contributed by atoms with Gasteiger partial charge < -0.3 is 10.2 Å². The van der Waals surface area contributed by atoms with Crippen molar-refractivity contribution < 1.29 is 4.79 Å². The predicted molar refractivity (Wildman–Crippen MR) is 50.7 cm³/mol. The van der Waals surface area contributed by atoms with Crippen LogP contribution in [0.3, 0.4) is 0 Å². The lowest BCUT2D eigenvalue weighted by Crippen LogP contribution is -2.26. The molecule has 0 bridgehead atoms. The molecule has 0 aliphatic heterocycles. The lowest BCUT2D eigenvalue weighted by Gasteiger charge is -2.06. The monoisotopic (exact) mass is 181 g/mol. The Kier molecular flexibility index (Phi) is 5.37. The fourth-order valence-electron chi connectivity index (χ4n) is 0.730. The molecule has 0 rings (SSSR count). The van der Waals surface area contributed by atoms with Crippen molar-refractivity contribution in [2.75, 3.05) is 20.6 Å². The SMILES string of the molecule is CCCNC(=O)C(C#N)=CN(C)C. The minimum Gasteiger partial charge on any atom is -0.382 e. The van der Waals surface area contributed by atoms with Crippen LogP contribution < -0.4 is 5.32 Å². The second-order valence-corrected chi connectivity index (χ2v) is 2.87. The lowest BCUT2D eigenvalue weighted by molar-refractivity contribution is -0.117. The van der Waals surface area contributed by atoms with Crippen molar-refractivity contribution >= 4 is 5.91 Å². The molecular weight excluding hydrogens is 166 g/mol. The second-order valence-electron chi connectivity index (χ2n) is 2.87. The largest absolute Gasteiger partial charge is 0.382 e. The third-order valence-electron chi connectivity index (χ3n) is 1.29. The van der Waals surface area contributed by atoms with Gasteiger partial charge in [0.1, 0.15) is 11.6 Å². The molecule has 13 heavy (non-hydrogen) atoms. The smallest absolute Gasteiger partial charge is 0.263 e. The number of carbonyl (C=O) groups excluding carboxylic acids is 1. The molecule has 0 heterocycles. The first-order chi connectivity index (χ1) is 6.11. The Bertz CT molecular complexity index is 238. The first-order valence-electron chi connectivity index (χ1n) is 4.18. The van der Waals surface area contributed by atoms with E-state index in [1.807, 2.05) is 13.0 Å². The zero-order chi connectivity index (χ0) is 10.3. The Morgan fingerprint density at radius 2 is 2.23 bits per heavy atom. The van der Waals surface area contributed by atoms with E-state index in [-0.39, 0.29) is 11.5 Å². The van der Waals surface area contributed by atoms with E-state index in [9.17, 15) is 4.79 Å². The van der Waals surface area contributed by atoms with Gasteiger partial charge >= 0.3 is 0 Å². The zero-order valence-electron chi connectivity index (χ0n) is 8.29. The van der Waals surface area contributed by atoms with Gasteiger partial charge in [-0.2, -0.15) is 5.26 Å². The number of carbonyl (C=O) groups is 1. The molecular formula is C9H15N3O. The molecule has 0 radical (unpaired) electrons. The van der Waals surface area contributed by atoms with E-state index < -0.39 is 0 Å². The van der Waals surface area contributed by atoms with Gasteiger partial charge in [-0.25, -0.2) is 0 Å². The second kappa shape index (κ2) is 6.06. The number of nitriles is 1. The van der Waals surface area contributed by atoms with E-state index in [1.165, 1.54) is 6.20 Å². The molecule has 4 heteroatoms. The minimum absolute atomic E-state index is 0.137. The summed E-state index contributed by atoms with van der Waals surface area (Å²) < 4.78 is 0. The maximum Gasteiger partial charge on any atom is 0.263 e. The number of hydrogen-bond donors (Lipinski definition) is 1. The number of amides is 1. The normalized spacial score (nSPS) is 10.5. The lowest BCUT2D eigenvalue weighted by atomic mass is 10.3. The molecule has 72 valence electrons. The van der Waals surface area contributed by atoms with Crippen LogP contribution in [0.5, 0.6) is 0 Å². The molecule has 0 fully saturated rings. The molecule has 0 aromatic rings. The standard InChI is InChI=1S/C9H15N3O/c1-4-5-11-9(13)8(6-10)7-12(2)3/h7H,4-5H2,1-3H3,(H,11,13). The molecule has 1 amide bonds. The molecule has 0 aliphatic carbocycles. The summed E-state index contributed by atoms with van der Waals surface area (Å²) in [5.74, 6) is -0.307. The molecule has 0 saturated carbocycles. The molecule has 0 saturated heterocycles. The van der Waals surface area contributed by atoms with Gasteiger partial charge in [-0.3, -0.25) is 4.79 Å². The van der Waals surface area contributed by atoms with Gasteiger partial charge in [0.25, 0.3) is 5.91 Å². The molecule has 0 unspecified atom stereocenters. The predicted octanol–water partition coefficient (Wildman–Crippen LogP) is 0.482. The molecule has 0 aliphatic rings. The van der Waals surface area contributed by atoms with Crippen LogP contribution in [0, 0.1) is 11.3 Å². The number of hydrogen-bond acceptors (Lipinski definition) is 3. The Morgan fingerprint density at radius 3 is 2.62 bits per heavy atom. The van der Waals surface area contributed by atoms with Crippen molar-refractivity contribution in [1.29, 1.82) is 5.26 Å². The Hall–Kier alpha value is -1.50. The highest BCUT2D eigenvalue weighted by Gasteiger charge is 2.06. The summed E-state index contributed by atoms with van der Waals surface area (Å²) in [6.07, 6.45) is 2.37. The molecule has 0 aromatic carbocycles. The van der Waals surface area contributed by atoms with Gasteiger partial charge in [0.05, 0.1) is 0 Å². The average molecular weight is 181 g/mol. The van der Waals surface area contributed by atoms with Gasteiger partial charge in [0.15, 0.2) is 0 Å². The van der Waals surface area contributed by atoms with E-state index in [1.54, 1.807) is 19.0 Å². The number of nitrogens with zero attached hydrogens (tertiary/aromatic N) is 2. The van der Waals surface area contributed by atoms with Crippen LogP contribution in [0.25, 0.3) is 0 Å². The van der Waals surface area contributed by atoms with Crippen LogP contribution >= 0.6 is 0 Å². The van der Waals surface area contributed by atoms with Crippen molar-refractivity contribution in [1.82, 2.24) is 10.2 Å². The van der Waals surface area contributed by atoms with Crippen molar-refractivity contribution in [3.05, 3.63) is 11.8 Å². The van der Waals surface area contributed by atoms with Crippen LogP contribution in [-0.2, 0) is 4.79 Å². The van der Waals surface area contributed by atoms with E-state index in [4.69, 9.17) is 5.26 Å². The highest BCUT2D eigenvalue weighted by molar-refractivity contribution is 5.97. The molecule has 0 spiro atoms. The van der Waals surface area contributed by atoms with Crippen molar-refractivity contribution in [2.24, 2.45) is 0 Å². The third-order valence-corrected chi connectivity index (χ3v) is 1.29.